The van der Waals surface area contributed by atoms with Crippen LogP contribution >= 0.6 is 0 Å². The highest BCUT2D eigenvalue weighted by molar-refractivity contribution is 5.88. The summed E-state index contributed by atoms with van der Waals surface area (Å²) in [6, 6.07) is 19.6. The van der Waals surface area contributed by atoms with Gasteiger partial charge < -0.3 is 5.73 Å². The molecule has 0 saturated heterocycles. The highest BCUT2D eigenvalue weighted by atomic mass is 14.6. The molecule has 0 fully saturated rings. The van der Waals surface area contributed by atoms with E-state index in [1.54, 1.807) is 0 Å². The minimum absolute atomic E-state index is 0.127. The fourth-order valence-electron chi connectivity index (χ4n) is 3.93. The first kappa shape index (κ1) is 17.5. The van der Waals surface area contributed by atoms with E-state index in [4.69, 9.17) is 5.73 Å². The van der Waals surface area contributed by atoms with Crippen LogP contribution in [0.2, 0.25) is 0 Å². The van der Waals surface area contributed by atoms with Gasteiger partial charge in [-0.3, -0.25) is 0 Å². The van der Waals surface area contributed by atoms with Crippen molar-refractivity contribution in [1.82, 2.24) is 0 Å². The Morgan fingerprint density at radius 1 is 0.963 bits per heavy atom. The molecule has 1 nitrogen and oxygen atoms in total. The van der Waals surface area contributed by atoms with Crippen LogP contribution in [0.1, 0.15) is 25.3 Å². The van der Waals surface area contributed by atoms with Crippen LogP contribution in [0, 0.1) is 0 Å². The molecule has 0 saturated carbocycles. The van der Waals surface area contributed by atoms with E-state index >= 15 is 0 Å². The summed E-state index contributed by atoms with van der Waals surface area (Å²) in [5.41, 5.74) is 12.7. The van der Waals surface area contributed by atoms with Gasteiger partial charge in [-0.2, -0.15) is 0 Å². The summed E-state index contributed by atoms with van der Waals surface area (Å²) in [5.74, 6) is 0. The summed E-state index contributed by atoms with van der Waals surface area (Å²) < 4.78 is 0. The molecule has 0 heterocycles. The van der Waals surface area contributed by atoms with Gasteiger partial charge in [-0.05, 0) is 58.1 Å². The maximum absolute atomic E-state index is 6.06. The van der Waals surface area contributed by atoms with Crippen molar-refractivity contribution in [3.8, 4) is 0 Å². The first-order valence-electron chi connectivity index (χ1n) is 9.62. The molecule has 1 heteroatoms. The van der Waals surface area contributed by atoms with Crippen molar-refractivity contribution in [2.45, 2.75) is 25.8 Å². The first-order valence-corrected chi connectivity index (χ1v) is 9.62. The van der Waals surface area contributed by atoms with Crippen LogP contribution in [0.15, 0.2) is 102 Å². The normalized spacial score (nSPS) is 20.9. The molecule has 1 unspecified atom stereocenters. The van der Waals surface area contributed by atoms with E-state index in [1.807, 2.05) is 0 Å². The van der Waals surface area contributed by atoms with Gasteiger partial charge >= 0.3 is 0 Å². The van der Waals surface area contributed by atoms with Gasteiger partial charge in [0.15, 0.2) is 0 Å². The summed E-state index contributed by atoms with van der Waals surface area (Å²) in [7, 11) is 0. The summed E-state index contributed by atoms with van der Waals surface area (Å²) in [5, 5.41) is 2.64. The monoisotopic (exact) mass is 351 g/mol. The molecule has 2 aromatic carbocycles. The molecule has 134 valence electrons. The summed E-state index contributed by atoms with van der Waals surface area (Å²) in [6.45, 7) is 2.06. The third-order valence-corrected chi connectivity index (χ3v) is 5.24. The number of benzene rings is 2. The number of fused-ring (bicyclic) bond motifs is 1. The van der Waals surface area contributed by atoms with E-state index in [9.17, 15) is 0 Å². The zero-order valence-corrected chi connectivity index (χ0v) is 15.7. The van der Waals surface area contributed by atoms with E-state index in [0.29, 0.717) is 0 Å². The lowest BCUT2D eigenvalue weighted by Gasteiger charge is -2.23. The maximum atomic E-state index is 6.06. The summed E-state index contributed by atoms with van der Waals surface area (Å²) in [6.07, 6.45) is 14.9. The predicted molar refractivity (Wildman–Crippen MR) is 115 cm³/mol. The Labute approximate surface area is 161 Å². The zero-order chi connectivity index (χ0) is 18.6. The van der Waals surface area contributed by atoms with E-state index in [2.05, 4.69) is 98.0 Å². The highest BCUT2D eigenvalue weighted by Crippen LogP contribution is 2.32. The van der Waals surface area contributed by atoms with E-state index in [-0.39, 0.29) is 6.04 Å². The third-order valence-electron chi connectivity index (χ3n) is 5.24. The SMILES string of the molecule is C/C=C\C=C1/CC(c2ccccc2)=c2ccccc2=C1C1=CCC(N)C=C1. The van der Waals surface area contributed by atoms with Crippen LogP contribution < -0.4 is 16.2 Å². The van der Waals surface area contributed by atoms with Crippen LogP contribution in [0.3, 0.4) is 0 Å². The number of hydrogen-bond donors (Lipinski definition) is 1. The molecule has 0 radical (unpaired) electrons. The Morgan fingerprint density at radius 2 is 1.70 bits per heavy atom. The van der Waals surface area contributed by atoms with Gasteiger partial charge in [-0.25, -0.2) is 0 Å². The fourth-order valence-corrected chi connectivity index (χ4v) is 3.93. The highest BCUT2D eigenvalue weighted by Gasteiger charge is 2.20. The summed E-state index contributed by atoms with van der Waals surface area (Å²) >= 11 is 0. The second-order valence-electron chi connectivity index (χ2n) is 7.08. The molecule has 2 N–H and O–H groups in total. The molecule has 2 aliphatic carbocycles. The molecule has 0 bridgehead atoms. The topological polar surface area (TPSA) is 26.0 Å². The van der Waals surface area contributed by atoms with Gasteiger partial charge in [0.25, 0.3) is 0 Å². The number of hydrogen-bond acceptors (Lipinski definition) is 1. The molecule has 27 heavy (non-hydrogen) atoms. The number of allylic oxidation sites excluding steroid dienone is 6. The number of nitrogens with two attached hydrogens (primary N) is 1. The molecule has 4 rings (SSSR count). The largest absolute Gasteiger partial charge is 0.324 e. The lowest BCUT2D eigenvalue weighted by atomic mass is 9.81. The minimum atomic E-state index is 0.127. The molecule has 2 aromatic rings. The van der Waals surface area contributed by atoms with E-state index in [1.165, 1.54) is 38.3 Å². The third kappa shape index (κ3) is 3.51. The number of rotatable bonds is 3. The molecule has 0 aliphatic heterocycles. The van der Waals surface area contributed by atoms with Crippen LogP contribution in [0.5, 0.6) is 0 Å². The standard InChI is InChI=1S/C26H25N/c1-2-3-9-21-18-25(19-10-5-4-6-11-19)23-12-7-8-13-24(23)26(21)20-14-16-22(27)17-15-20/h2-16,22H,17-18,27H2,1H3/b3-2-,21-9+. The molecular weight excluding hydrogens is 326 g/mol. The van der Waals surface area contributed by atoms with E-state index < -0.39 is 0 Å². The van der Waals surface area contributed by atoms with Crippen LogP contribution in [0.4, 0.5) is 0 Å². The van der Waals surface area contributed by atoms with Crippen molar-refractivity contribution >= 4 is 11.1 Å². The molecule has 0 aromatic heterocycles. The molecule has 0 spiro atoms. The first-order chi connectivity index (χ1) is 13.3. The van der Waals surface area contributed by atoms with Crippen molar-refractivity contribution in [1.29, 1.82) is 0 Å². The lowest BCUT2D eigenvalue weighted by Crippen LogP contribution is -2.34. The smallest absolute Gasteiger partial charge is 0.0262 e. The maximum Gasteiger partial charge on any atom is 0.0262 e. The zero-order valence-electron chi connectivity index (χ0n) is 15.7. The van der Waals surface area contributed by atoms with Crippen LogP contribution in [-0.4, -0.2) is 6.04 Å². The Balaban J connectivity index is 2.05. The average Bonchev–Trinajstić information content (AvgIpc) is 2.73. The fraction of sp³-hybridized carbons (Fsp3) is 0.154. The van der Waals surface area contributed by atoms with Gasteiger partial charge in [-0.1, -0.05) is 91.1 Å². The Hall–Kier alpha value is -2.90. The van der Waals surface area contributed by atoms with Gasteiger partial charge in [0, 0.05) is 6.04 Å². The van der Waals surface area contributed by atoms with Crippen molar-refractivity contribution in [2.75, 3.05) is 0 Å². The van der Waals surface area contributed by atoms with Crippen LogP contribution in [0.25, 0.3) is 11.1 Å². The van der Waals surface area contributed by atoms with Gasteiger partial charge in [0.05, 0.1) is 0 Å². The van der Waals surface area contributed by atoms with Crippen molar-refractivity contribution in [2.24, 2.45) is 5.73 Å². The van der Waals surface area contributed by atoms with Crippen molar-refractivity contribution < 1.29 is 0 Å². The average molecular weight is 351 g/mol. The summed E-state index contributed by atoms with van der Waals surface area (Å²) in [4.78, 5) is 0. The second kappa shape index (κ2) is 7.77. The molecule has 2 aliphatic rings. The van der Waals surface area contributed by atoms with E-state index in [0.717, 1.165) is 12.8 Å². The molecule has 0 amide bonds. The van der Waals surface area contributed by atoms with Crippen molar-refractivity contribution in [3.63, 3.8) is 0 Å². The lowest BCUT2D eigenvalue weighted by molar-refractivity contribution is 0.821. The minimum Gasteiger partial charge on any atom is -0.324 e. The van der Waals surface area contributed by atoms with Crippen LogP contribution in [-0.2, 0) is 0 Å². The van der Waals surface area contributed by atoms with Gasteiger partial charge in [0.2, 0.25) is 0 Å². The Morgan fingerprint density at radius 3 is 2.41 bits per heavy atom. The quantitative estimate of drug-likeness (QED) is 0.883. The Kier molecular flexibility index (Phi) is 5.04. The molecule has 1 atom stereocenters. The molecular formula is C26H25N. The van der Waals surface area contributed by atoms with Crippen molar-refractivity contribution in [3.05, 3.63) is 118 Å². The van der Waals surface area contributed by atoms with Gasteiger partial charge in [-0.15, -0.1) is 0 Å². The van der Waals surface area contributed by atoms with Gasteiger partial charge in [0.1, 0.15) is 0 Å². The predicted octanol–water partition coefficient (Wildman–Crippen LogP) is 4.16. The second-order valence-corrected chi connectivity index (χ2v) is 7.08. The Bertz CT molecular complexity index is 1080.